The Kier molecular flexibility index (Phi) is 6.09. The molecule has 0 fully saturated rings. The molecule has 1 aromatic heterocycles. The molecule has 5 nitrogen and oxygen atoms in total. The Balaban J connectivity index is 2.19. The van der Waals surface area contributed by atoms with E-state index in [1.54, 1.807) is 11.0 Å². The SMILES string of the molecule is CCN(CC)C(=O)c1cc(C(=O)Nc2ccc(Br)c(C)c2)ccn1. The molecular weight excluding hydrogens is 370 g/mol. The third-order valence-electron chi connectivity index (χ3n) is 3.71. The van der Waals surface area contributed by atoms with Gasteiger partial charge in [-0.1, -0.05) is 15.9 Å². The van der Waals surface area contributed by atoms with Crippen molar-refractivity contribution in [2.75, 3.05) is 18.4 Å². The fourth-order valence-corrected chi connectivity index (χ4v) is 2.53. The van der Waals surface area contributed by atoms with Gasteiger partial charge in [-0.05, 0) is 56.7 Å². The van der Waals surface area contributed by atoms with E-state index in [1.165, 1.54) is 12.3 Å². The lowest BCUT2D eigenvalue weighted by molar-refractivity contribution is 0.0767. The second-order valence-corrected chi connectivity index (χ2v) is 6.18. The highest BCUT2D eigenvalue weighted by molar-refractivity contribution is 9.10. The maximum absolute atomic E-state index is 12.4. The molecule has 0 saturated heterocycles. The van der Waals surface area contributed by atoms with Crippen LogP contribution in [0.15, 0.2) is 41.0 Å². The molecule has 1 heterocycles. The van der Waals surface area contributed by atoms with Gasteiger partial charge in [-0.2, -0.15) is 0 Å². The van der Waals surface area contributed by atoms with E-state index in [2.05, 4.69) is 26.2 Å². The number of rotatable bonds is 5. The van der Waals surface area contributed by atoms with Gasteiger partial charge in [0.2, 0.25) is 0 Å². The van der Waals surface area contributed by atoms with Gasteiger partial charge in [0.05, 0.1) is 0 Å². The lowest BCUT2D eigenvalue weighted by atomic mass is 10.1. The van der Waals surface area contributed by atoms with Crippen LogP contribution in [0.3, 0.4) is 0 Å². The van der Waals surface area contributed by atoms with Crippen molar-refractivity contribution in [3.63, 3.8) is 0 Å². The predicted octanol–water partition coefficient (Wildman–Crippen LogP) is 3.89. The Labute approximate surface area is 150 Å². The number of hydrogen-bond donors (Lipinski definition) is 1. The van der Waals surface area contributed by atoms with Crippen molar-refractivity contribution in [1.82, 2.24) is 9.88 Å². The Morgan fingerprint density at radius 1 is 1.17 bits per heavy atom. The summed E-state index contributed by atoms with van der Waals surface area (Å²) in [5.41, 5.74) is 2.41. The maximum Gasteiger partial charge on any atom is 0.272 e. The second-order valence-electron chi connectivity index (χ2n) is 5.33. The van der Waals surface area contributed by atoms with Crippen LogP contribution in [0.2, 0.25) is 0 Å². The number of hydrogen-bond acceptors (Lipinski definition) is 3. The van der Waals surface area contributed by atoms with E-state index in [4.69, 9.17) is 0 Å². The number of nitrogens with one attached hydrogen (secondary N) is 1. The molecular formula is C18H20BrN3O2. The molecule has 126 valence electrons. The summed E-state index contributed by atoms with van der Waals surface area (Å²) in [5, 5.41) is 2.84. The van der Waals surface area contributed by atoms with Gasteiger partial charge in [0.25, 0.3) is 11.8 Å². The molecule has 0 atom stereocenters. The summed E-state index contributed by atoms with van der Waals surface area (Å²) in [4.78, 5) is 30.5. The van der Waals surface area contributed by atoms with Crippen LogP contribution in [0, 0.1) is 6.92 Å². The molecule has 2 aromatic rings. The highest BCUT2D eigenvalue weighted by atomic mass is 79.9. The van der Waals surface area contributed by atoms with Gasteiger partial charge < -0.3 is 10.2 Å². The fourth-order valence-electron chi connectivity index (χ4n) is 2.29. The Morgan fingerprint density at radius 2 is 1.88 bits per heavy atom. The third-order valence-corrected chi connectivity index (χ3v) is 4.60. The largest absolute Gasteiger partial charge is 0.338 e. The van der Waals surface area contributed by atoms with Gasteiger partial charge >= 0.3 is 0 Å². The molecule has 6 heteroatoms. The first-order valence-electron chi connectivity index (χ1n) is 7.79. The van der Waals surface area contributed by atoms with Gasteiger partial charge in [-0.3, -0.25) is 14.6 Å². The van der Waals surface area contributed by atoms with Crippen molar-refractivity contribution in [1.29, 1.82) is 0 Å². The first-order chi connectivity index (χ1) is 11.5. The summed E-state index contributed by atoms with van der Waals surface area (Å²) in [5.74, 6) is -0.443. The lowest BCUT2D eigenvalue weighted by Gasteiger charge is -2.18. The molecule has 0 unspecified atom stereocenters. The van der Waals surface area contributed by atoms with Crippen LogP contribution in [0.1, 0.15) is 40.3 Å². The Hall–Kier alpha value is -2.21. The van der Waals surface area contributed by atoms with E-state index in [9.17, 15) is 9.59 Å². The number of halogens is 1. The number of nitrogens with zero attached hydrogens (tertiary/aromatic N) is 2. The van der Waals surface area contributed by atoms with Gasteiger partial charge in [-0.15, -0.1) is 0 Å². The Morgan fingerprint density at radius 3 is 2.50 bits per heavy atom. The average molecular weight is 390 g/mol. The number of aryl methyl sites for hydroxylation is 1. The number of amides is 2. The molecule has 0 saturated carbocycles. The zero-order chi connectivity index (χ0) is 17.7. The average Bonchev–Trinajstić information content (AvgIpc) is 2.59. The van der Waals surface area contributed by atoms with E-state index in [1.807, 2.05) is 39.0 Å². The number of carbonyl (C=O) groups is 2. The van der Waals surface area contributed by atoms with Crippen molar-refractivity contribution in [2.24, 2.45) is 0 Å². The van der Waals surface area contributed by atoms with E-state index < -0.39 is 0 Å². The fraction of sp³-hybridized carbons (Fsp3) is 0.278. The standard InChI is InChI=1S/C18H20BrN3O2/c1-4-22(5-2)18(24)16-11-13(8-9-20-16)17(23)21-14-6-7-15(19)12(3)10-14/h6-11H,4-5H2,1-3H3,(H,21,23). The first kappa shape index (κ1) is 18.1. The number of pyridine rings is 1. The molecule has 1 N–H and O–H groups in total. The molecule has 0 radical (unpaired) electrons. The molecule has 2 rings (SSSR count). The lowest BCUT2D eigenvalue weighted by Crippen LogP contribution is -2.31. The van der Waals surface area contributed by atoms with E-state index in [0.717, 1.165) is 10.0 Å². The van der Waals surface area contributed by atoms with Crippen molar-refractivity contribution in [2.45, 2.75) is 20.8 Å². The Bertz CT molecular complexity index is 758. The van der Waals surface area contributed by atoms with Gasteiger partial charge in [0, 0.05) is 35.0 Å². The zero-order valence-corrected chi connectivity index (χ0v) is 15.6. The molecule has 0 aliphatic carbocycles. The number of carbonyl (C=O) groups excluding carboxylic acids is 2. The first-order valence-corrected chi connectivity index (χ1v) is 8.58. The number of aromatic nitrogens is 1. The number of benzene rings is 1. The van der Waals surface area contributed by atoms with Crippen molar-refractivity contribution < 1.29 is 9.59 Å². The summed E-state index contributed by atoms with van der Waals surface area (Å²) in [6.07, 6.45) is 1.48. The van der Waals surface area contributed by atoms with Crippen molar-refractivity contribution >= 4 is 33.4 Å². The monoisotopic (exact) mass is 389 g/mol. The number of anilines is 1. The normalized spacial score (nSPS) is 10.3. The molecule has 2 amide bonds. The molecule has 0 aliphatic heterocycles. The smallest absolute Gasteiger partial charge is 0.272 e. The highest BCUT2D eigenvalue weighted by Crippen LogP contribution is 2.20. The zero-order valence-electron chi connectivity index (χ0n) is 14.0. The molecule has 0 spiro atoms. The van der Waals surface area contributed by atoms with Crippen molar-refractivity contribution in [3.8, 4) is 0 Å². The summed E-state index contributed by atoms with van der Waals surface area (Å²) in [6.45, 7) is 6.98. The molecule has 0 aliphatic rings. The van der Waals surface area contributed by atoms with Crippen LogP contribution in [-0.2, 0) is 0 Å². The van der Waals surface area contributed by atoms with E-state index in [-0.39, 0.29) is 17.5 Å². The quantitative estimate of drug-likeness (QED) is 0.843. The molecule has 0 bridgehead atoms. The van der Waals surface area contributed by atoms with Crippen LogP contribution in [0.5, 0.6) is 0 Å². The summed E-state index contributed by atoms with van der Waals surface area (Å²) >= 11 is 3.43. The second kappa shape index (κ2) is 8.06. The van der Waals surface area contributed by atoms with Crippen molar-refractivity contribution in [3.05, 3.63) is 57.8 Å². The topological polar surface area (TPSA) is 62.3 Å². The van der Waals surface area contributed by atoms with Crippen LogP contribution in [0.25, 0.3) is 0 Å². The molecule has 1 aromatic carbocycles. The van der Waals surface area contributed by atoms with Crippen LogP contribution in [-0.4, -0.2) is 34.8 Å². The summed E-state index contributed by atoms with van der Waals surface area (Å²) in [6, 6.07) is 8.71. The highest BCUT2D eigenvalue weighted by Gasteiger charge is 2.16. The van der Waals surface area contributed by atoms with Crippen LogP contribution < -0.4 is 5.32 Å². The minimum Gasteiger partial charge on any atom is -0.338 e. The van der Waals surface area contributed by atoms with E-state index >= 15 is 0 Å². The van der Waals surface area contributed by atoms with Crippen LogP contribution in [0.4, 0.5) is 5.69 Å². The summed E-state index contributed by atoms with van der Waals surface area (Å²) < 4.78 is 0.983. The minimum atomic E-state index is -0.271. The maximum atomic E-state index is 12.4. The third kappa shape index (κ3) is 4.20. The minimum absolute atomic E-state index is 0.172. The molecule has 24 heavy (non-hydrogen) atoms. The van der Waals surface area contributed by atoms with Gasteiger partial charge in [-0.25, -0.2) is 0 Å². The van der Waals surface area contributed by atoms with Gasteiger partial charge in [0.15, 0.2) is 0 Å². The van der Waals surface area contributed by atoms with E-state index in [0.29, 0.717) is 24.3 Å². The predicted molar refractivity (Wildman–Crippen MR) is 98.3 cm³/mol. The summed E-state index contributed by atoms with van der Waals surface area (Å²) in [7, 11) is 0. The van der Waals surface area contributed by atoms with Gasteiger partial charge in [0.1, 0.15) is 5.69 Å². The van der Waals surface area contributed by atoms with Crippen LogP contribution >= 0.6 is 15.9 Å².